The van der Waals surface area contributed by atoms with Gasteiger partial charge in [0.1, 0.15) is 0 Å². The van der Waals surface area contributed by atoms with Crippen molar-refractivity contribution < 1.29 is 4.42 Å². The first kappa shape index (κ1) is 19.1. The second-order valence-corrected chi connectivity index (χ2v) is 8.49. The number of fused-ring (bicyclic) bond motifs is 1. The van der Waals surface area contributed by atoms with Gasteiger partial charge in [-0.2, -0.15) is 5.10 Å². The molecule has 0 atom stereocenters. The zero-order valence-corrected chi connectivity index (χ0v) is 17.9. The van der Waals surface area contributed by atoms with Gasteiger partial charge in [0, 0.05) is 21.1 Å². The molecule has 5 nitrogen and oxygen atoms in total. The summed E-state index contributed by atoms with van der Waals surface area (Å²) in [4.78, 5) is 17.3. The smallest absolute Gasteiger partial charge is 0.345 e. The lowest BCUT2D eigenvalue weighted by atomic mass is 10.1. The molecule has 28 heavy (non-hydrogen) atoms. The molecule has 2 heterocycles. The lowest BCUT2D eigenvalue weighted by Gasteiger charge is -2.02. The lowest BCUT2D eigenvalue weighted by molar-refractivity contribution is 0.564. The van der Waals surface area contributed by atoms with E-state index in [9.17, 15) is 4.79 Å². The van der Waals surface area contributed by atoms with E-state index in [1.807, 2.05) is 24.3 Å². The molecule has 0 spiro atoms. The number of anilines is 1. The zero-order chi connectivity index (χ0) is 19.7. The average molecular weight is 495 g/mol. The van der Waals surface area contributed by atoms with E-state index in [-0.39, 0.29) is 0 Å². The maximum atomic E-state index is 12.4. The van der Waals surface area contributed by atoms with E-state index in [1.54, 1.807) is 24.5 Å². The Morgan fingerprint density at radius 3 is 2.75 bits per heavy atom. The van der Waals surface area contributed by atoms with Crippen LogP contribution in [0.2, 0.25) is 10.0 Å². The molecule has 2 aromatic carbocycles. The Bertz CT molecular complexity index is 1250. The summed E-state index contributed by atoms with van der Waals surface area (Å²) in [6, 6.07) is 12.6. The van der Waals surface area contributed by atoms with Crippen LogP contribution in [0.1, 0.15) is 5.56 Å². The minimum absolute atomic E-state index is 0.292. The monoisotopic (exact) mass is 493 g/mol. The third-order valence-corrected chi connectivity index (χ3v) is 5.73. The van der Waals surface area contributed by atoms with E-state index < -0.39 is 5.63 Å². The number of halogens is 3. The van der Waals surface area contributed by atoms with Crippen molar-refractivity contribution >= 4 is 72.8 Å². The van der Waals surface area contributed by atoms with Crippen LogP contribution in [0, 0.1) is 0 Å². The van der Waals surface area contributed by atoms with E-state index in [0.717, 1.165) is 10.0 Å². The minimum Gasteiger partial charge on any atom is -0.421 e. The normalized spacial score (nSPS) is 11.4. The van der Waals surface area contributed by atoms with Crippen LogP contribution in [0.15, 0.2) is 67.4 Å². The first-order valence-corrected chi connectivity index (χ1v) is 10.3. The zero-order valence-electron chi connectivity index (χ0n) is 13.9. The van der Waals surface area contributed by atoms with Gasteiger partial charge >= 0.3 is 5.63 Å². The Balaban J connectivity index is 1.59. The summed E-state index contributed by atoms with van der Waals surface area (Å²) >= 11 is 16.8. The predicted molar refractivity (Wildman–Crippen MR) is 119 cm³/mol. The van der Waals surface area contributed by atoms with Gasteiger partial charge in [0.15, 0.2) is 5.58 Å². The van der Waals surface area contributed by atoms with Gasteiger partial charge in [-0.3, -0.25) is 5.43 Å². The molecule has 9 heteroatoms. The van der Waals surface area contributed by atoms with E-state index >= 15 is 0 Å². The first-order valence-electron chi connectivity index (χ1n) is 7.93. The van der Waals surface area contributed by atoms with Crippen LogP contribution < -0.4 is 11.1 Å². The summed E-state index contributed by atoms with van der Waals surface area (Å²) in [5.74, 6) is 0. The molecule has 0 amide bonds. The van der Waals surface area contributed by atoms with Crippen molar-refractivity contribution in [3.8, 4) is 10.4 Å². The maximum absolute atomic E-state index is 12.4. The Hall–Kier alpha value is -2.19. The quantitative estimate of drug-likeness (QED) is 0.201. The molecular weight excluding hydrogens is 485 g/mol. The number of hydrazone groups is 1. The molecule has 0 bridgehead atoms. The van der Waals surface area contributed by atoms with E-state index in [2.05, 4.69) is 31.4 Å². The highest BCUT2D eigenvalue weighted by Crippen LogP contribution is 2.32. The van der Waals surface area contributed by atoms with Crippen LogP contribution in [-0.2, 0) is 0 Å². The molecule has 0 radical (unpaired) electrons. The van der Waals surface area contributed by atoms with Gasteiger partial charge in [-0.25, -0.2) is 9.78 Å². The van der Waals surface area contributed by atoms with Gasteiger partial charge < -0.3 is 4.42 Å². The molecule has 0 saturated carbocycles. The standard InChI is InChI=1S/C19H10BrCl2N3O2S/c20-12-3-1-10(2-4-12)8-24-25-19-23-9-16(28-19)14-6-11-5-13(21)7-15(22)17(11)27-18(14)26/h1-9H,(H,23,25)/b24-8-. The highest BCUT2D eigenvalue weighted by Gasteiger charge is 2.13. The van der Waals surface area contributed by atoms with Gasteiger partial charge in [0.25, 0.3) is 0 Å². The van der Waals surface area contributed by atoms with Crippen LogP contribution >= 0.6 is 50.5 Å². The summed E-state index contributed by atoms with van der Waals surface area (Å²) < 4.78 is 6.37. The van der Waals surface area contributed by atoms with Gasteiger partial charge in [0.05, 0.1) is 21.7 Å². The fourth-order valence-corrected chi connectivity index (χ4v) is 4.07. The van der Waals surface area contributed by atoms with Gasteiger partial charge in [-0.05, 0) is 35.9 Å². The van der Waals surface area contributed by atoms with Crippen LogP contribution in [0.5, 0.6) is 0 Å². The van der Waals surface area contributed by atoms with Crippen LogP contribution in [0.3, 0.4) is 0 Å². The molecule has 0 saturated heterocycles. The first-order chi connectivity index (χ1) is 13.5. The number of aromatic nitrogens is 1. The number of nitrogens with zero attached hydrogens (tertiary/aromatic N) is 2. The van der Waals surface area contributed by atoms with E-state index in [4.69, 9.17) is 27.6 Å². The van der Waals surface area contributed by atoms with Crippen molar-refractivity contribution in [2.24, 2.45) is 5.10 Å². The third kappa shape index (κ3) is 4.12. The summed E-state index contributed by atoms with van der Waals surface area (Å²) in [5, 5.41) is 6.11. The van der Waals surface area contributed by atoms with Gasteiger partial charge in [0.2, 0.25) is 5.13 Å². The fourth-order valence-electron chi connectivity index (χ4n) is 2.49. The molecule has 0 aliphatic carbocycles. The Morgan fingerprint density at radius 1 is 1.18 bits per heavy atom. The Labute approximate surface area is 181 Å². The van der Waals surface area contributed by atoms with Gasteiger partial charge in [-0.15, -0.1) is 0 Å². The molecular formula is C19H10BrCl2N3O2S. The second-order valence-electron chi connectivity index (χ2n) is 5.70. The summed E-state index contributed by atoms with van der Waals surface area (Å²) in [7, 11) is 0. The summed E-state index contributed by atoms with van der Waals surface area (Å²) in [6.45, 7) is 0. The molecule has 4 aromatic rings. The van der Waals surface area contributed by atoms with Crippen molar-refractivity contribution in [2.45, 2.75) is 0 Å². The van der Waals surface area contributed by atoms with Crippen molar-refractivity contribution in [1.82, 2.24) is 4.98 Å². The predicted octanol–water partition coefficient (Wildman–Crippen LogP) is 6.43. The van der Waals surface area contributed by atoms with E-state index in [0.29, 0.717) is 36.6 Å². The summed E-state index contributed by atoms with van der Waals surface area (Å²) in [6.07, 6.45) is 3.27. The largest absolute Gasteiger partial charge is 0.421 e. The van der Waals surface area contributed by atoms with Gasteiger partial charge in [-0.1, -0.05) is 62.6 Å². The van der Waals surface area contributed by atoms with Crippen molar-refractivity contribution in [3.05, 3.63) is 79.2 Å². The SMILES string of the molecule is O=c1oc2c(Cl)cc(Cl)cc2cc1-c1cnc(N/N=C\c2ccc(Br)cc2)s1. The third-order valence-electron chi connectivity index (χ3n) is 3.77. The maximum Gasteiger partial charge on any atom is 0.345 e. The lowest BCUT2D eigenvalue weighted by Crippen LogP contribution is -2.01. The number of nitrogens with one attached hydrogen (secondary N) is 1. The summed E-state index contributed by atoms with van der Waals surface area (Å²) in [5.41, 5.74) is 4.00. The fraction of sp³-hybridized carbons (Fsp3) is 0. The number of hydrogen-bond acceptors (Lipinski definition) is 6. The molecule has 0 unspecified atom stereocenters. The Morgan fingerprint density at radius 2 is 1.96 bits per heavy atom. The number of hydrogen-bond donors (Lipinski definition) is 1. The van der Waals surface area contributed by atoms with Crippen molar-refractivity contribution in [3.63, 3.8) is 0 Å². The molecule has 2 aromatic heterocycles. The topological polar surface area (TPSA) is 67.5 Å². The van der Waals surface area contributed by atoms with E-state index in [1.165, 1.54) is 17.4 Å². The number of benzene rings is 2. The molecule has 4 rings (SSSR count). The highest BCUT2D eigenvalue weighted by atomic mass is 79.9. The second kappa shape index (κ2) is 8.05. The molecule has 0 aliphatic rings. The van der Waals surface area contributed by atoms with Crippen LogP contribution in [0.4, 0.5) is 5.13 Å². The van der Waals surface area contributed by atoms with Crippen molar-refractivity contribution in [1.29, 1.82) is 0 Å². The molecule has 1 N–H and O–H groups in total. The molecule has 140 valence electrons. The Kier molecular flexibility index (Phi) is 5.50. The average Bonchev–Trinajstić information content (AvgIpc) is 3.12. The number of rotatable bonds is 4. The minimum atomic E-state index is -0.495. The van der Waals surface area contributed by atoms with Crippen LogP contribution in [-0.4, -0.2) is 11.2 Å². The van der Waals surface area contributed by atoms with Crippen LogP contribution in [0.25, 0.3) is 21.4 Å². The van der Waals surface area contributed by atoms with Crippen molar-refractivity contribution in [2.75, 3.05) is 5.43 Å². The highest BCUT2D eigenvalue weighted by molar-refractivity contribution is 9.10. The molecule has 0 fully saturated rings. The molecule has 0 aliphatic heterocycles. The number of thiazole rings is 1.